The van der Waals surface area contributed by atoms with E-state index in [1.807, 2.05) is 20.8 Å². The number of ketones is 2. The molecule has 4 heteroatoms. The SMILES string of the molecule is CC(C)(C)C(=O)CCC(=O)c1cc(OCC2CC2)c(C2CC2)cn1. The monoisotopic (exact) mass is 329 g/mol. The molecule has 4 nitrogen and oxygen atoms in total. The van der Waals surface area contributed by atoms with Crippen molar-refractivity contribution in [1.29, 1.82) is 0 Å². The minimum Gasteiger partial charge on any atom is -0.493 e. The minimum atomic E-state index is -0.401. The third-order valence-corrected chi connectivity index (χ3v) is 4.79. The fourth-order valence-corrected chi connectivity index (χ4v) is 2.65. The highest BCUT2D eigenvalue weighted by Crippen LogP contribution is 2.44. The molecule has 0 aromatic carbocycles. The Kier molecular flexibility index (Phi) is 4.75. The fraction of sp³-hybridized carbons (Fsp3) is 0.650. The first-order valence-corrected chi connectivity index (χ1v) is 9.04. The second kappa shape index (κ2) is 6.66. The van der Waals surface area contributed by atoms with Crippen LogP contribution >= 0.6 is 0 Å². The molecule has 0 bridgehead atoms. The van der Waals surface area contributed by atoms with Crippen LogP contribution in [0.4, 0.5) is 0 Å². The number of ether oxygens (including phenoxy) is 1. The van der Waals surface area contributed by atoms with Gasteiger partial charge in [-0.1, -0.05) is 20.8 Å². The highest BCUT2D eigenvalue weighted by Gasteiger charge is 2.30. The predicted molar refractivity (Wildman–Crippen MR) is 92.5 cm³/mol. The van der Waals surface area contributed by atoms with Crippen molar-refractivity contribution >= 4 is 11.6 Å². The summed E-state index contributed by atoms with van der Waals surface area (Å²) in [4.78, 5) is 28.8. The summed E-state index contributed by atoms with van der Waals surface area (Å²) in [5, 5.41) is 0. The summed E-state index contributed by atoms with van der Waals surface area (Å²) in [6.07, 6.45) is 7.12. The van der Waals surface area contributed by atoms with E-state index in [0.717, 1.165) is 17.9 Å². The van der Waals surface area contributed by atoms with Gasteiger partial charge in [-0.3, -0.25) is 14.6 Å². The summed E-state index contributed by atoms with van der Waals surface area (Å²) in [7, 11) is 0. The van der Waals surface area contributed by atoms with Gasteiger partial charge < -0.3 is 4.74 Å². The van der Waals surface area contributed by atoms with E-state index in [-0.39, 0.29) is 24.4 Å². The van der Waals surface area contributed by atoms with E-state index < -0.39 is 5.41 Å². The van der Waals surface area contributed by atoms with Gasteiger partial charge in [-0.15, -0.1) is 0 Å². The van der Waals surface area contributed by atoms with E-state index in [2.05, 4.69) is 4.98 Å². The number of hydrogen-bond donors (Lipinski definition) is 0. The van der Waals surface area contributed by atoms with Crippen LogP contribution in [-0.4, -0.2) is 23.2 Å². The Morgan fingerprint density at radius 3 is 2.46 bits per heavy atom. The van der Waals surface area contributed by atoms with E-state index in [4.69, 9.17) is 4.74 Å². The topological polar surface area (TPSA) is 56.3 Å². The van der Waals surface area contributed by atoms with Crippen LogP contribution in [0.2, 0.25) is 0 Å². The Bertz CT molecular complexity index is 637. The van der Waals surface area contributed by atoms with Gasteiger partial charge >= 0.3 is 0 Å². The summed E-state index contributed by atoms with van der Waals surface area (Å²) >= 11 is 0. The van der Waals surface area contributed by atoms with Gasteiger partial charge in [-0.25, -0.2) is 0 Å². The van der Waals surface area contributed by atoms with Crippen LogP contribution < -0.4 is 4.74 Å². The van der Waals surface area contributed by atoms with Gasteiger partial charge in [0.1, 0.15) is 17.2 Å². The Hall–Kier alpha value is -1.71. The highest BCUT2D eigenvalue weighted by atomic mass is 16.5. The van der Waals surface area contributed by atoms with Crippen molar-refractivity contribution in [2.24, 2.45) is 11.3 Å². The van der Waals surface area contributed by atoms with Crippen molar-refractivity contribution < 1.29 is 14.3 Å². The van der Waals surface area contributed by atoms with Crippen molar-refractivity contribution in [1.82, 2.24) is 4.98 Å². The first-order chi connectivity index (χ1) is 11.3. The lowest BCUT2D eigenvalue weighted by atomic mass is 9.87. The number of carbonyl (C=O) groups excluding carboxylic acids is 2. The molecule has 2 fully saturated rings. The molecule has 0 N–H and O–H groups in total. The maximum Gasteiger partial charge on any atom is 0.181 e. The molecule has 1 aromatic heterocycles. The fourth-order valence-electron chi connectivity index (χ4n) is 2.65. The molecule has 1 heterocycles. The molecule has 3 rings (SSSR count). The first kappa shape index (κ1) is 17.1. The molecular formula is C20H27NO3. The third kappa shape index (κ3) is 4.43. The van der Waals surface area contributed by atoms with Crippen molar-refractivity contribution in [3.8, 4) is 5.75 Å². The molecule has 0 spiro atoms. The minimum absolute atomic E-state index is 0.0776. The number of nitrogens with zero attached hydrogens (tertiary/aromatic N) is 1. The maximum atomic E-state index is 12.4. The summed E-state index contributed by atoms with van der Waals surface area (Å²) in [6.45, 7) is 6.38. The van der Waals surface area contributed by atoms with E-state index in [1.54, 1.807) is 12.3 Å². The van der Waals surface area contributed by atoms with Gasteiger partial charge in [0.25, 0.3) is 0 Å². The molecule has 0 atom stereocenters. The Labute approximate surface area is 144 Å². The smallest absolute Gasteiger partial charge is 0.181 e. The molecule has 1 aromatic rings. The lowest BCUT2D eigenvalue weighted by molar-refractivity contribution is -0.126. The lowest BCUT2D eigenvalue weighted by Gasteiger charge is -2.16. The van der Waals surface area contributed by atoms with Gasteiger partial charge in [-0.2, -0.15) is 0 Å². The molecule has 0 unspecified atom stereocenters. The zero-order chi connectivity index (χ0) is 17.3. The van der Waals surface area contributed by atoms with Crippen molar-refractivity contribution in [3.63, 3.8) is 0 Å². The van der Waals surface area contributed by atoms with Gasteiger partial charge in [0, 0.05) is 36.1 Å². The van der Waals surface area contributed by atoms with Gasteiger partial charge in [0.05, 0.1) is 6.61 Å². The second-order valence-corrected chi connectivity index (χ2v) is 8.23. The average molecular weight is 329 g/mol. The molecule has 2 aliphatic carbocycles. The van der Waals surface area contributed by atoms with Crippen molar-refractivity contribution in [2.75, 3.05) is 6.61 Å². The van der Waals surface area contributed by atoms with E-state index in [1.165, 1.54) is 25.7 Å². The summed E-state index contributed by atoms with van der Waals surface area (Å²) in [5.74, 6) is 2.07. The van der Waals surface area contributed by atoms with Gasteiger partial charge in [0.15, 0.2) is 5.78 Å². The van der Waals surface area contributed by atoms with Crippen LogP contribution in [0.15, 0.2) is 12.3 Å². The number of hydrogen-bond acceptors (Lipinski definition) is 4. The third-order valence-electron chi connectivity index (χ3n) is 4.79. The molecule has 2 aliphatic rings. The van der Waals surface area contributed by atoms with Crippen LogP contribution in [0, 0.1) is 11.3 Å². The largest absolute Gasteiger partial charge is 0.493 e. The zero-order valence-electron chi connectivity index (χ0n) is 14.9. The van der Waals surface area contributed by atoms with Crippen LogP contribution in [0.3, 0.4) is 0 Å². The normalized spacial score (nSPS) is 17.6. The summed E-state index contributed by atoms with van der Waals surface area (Å²) in [5.41, 5.74) is 1.16. The van der Waals surface area contributed by atoms with Crippen LogP contribution in [0.1, 0.15) is 81.3 Å². The van der Waals surface area contributed by atoms with E-state index in [9.17, 15) is 9.59 Å². The van der Waals surface area contributed by atoms with Gasteiger partial charge in [0.2, 0.25) is 0 Å². The molecule has 0 radical (unpaired) electrons. The number of aromatic nitrogens is 1. The number of pyridine rings is 1. The van der Waals surface area contributed by atoms with Crippen LogP contribution in [0.5, 0.6) is 5.75 Å². The molecule has 130 valence electrons. The predicted octanol–water partition coefficient (Wildman–Crippen LogP) is 4.33. The molecule has 0 saturated heterocycles. The number of rotatable bonds is 8. The highest BCUT2D eigenvalue weighted by molar-refractivity contribution is 5.97. The molecular weight excluding hydrogens is 302 g/mol. The first-order valence-electron chi connectivity index (χ1n) is 9.04. The Balaban J connectivity index is 1.66. The van der Waals surface area contributed by atoms with Crippen molar-refractivity contribution in [3.05, 3.63) is 23.5 Å². The average Bonchev–Trinajstić information content (AvgIpc) is 3.42. The Morgan fingerprint density at radius 1 is 1.17 bits per heavy atom. The number of carbonyl (C=O) groups is 2. The van der Waals surface area contributed by atoms with Crippen LogP contribution in [-0.2, 0) is 4.79 Å². The second-order valence-electron chi connectivity index (χ2n) is 8.23. The lowest BCUT2D eigenvalue weighted by Crippen LogP contribution is -2.21. The quantitative estimate of drug-likeness (QED) is 0.666. The maximum absolute atomic E-state index is 12.4. The van der Waals surface area contributed by atoms with E-state index in [0.29, 0.717) is 17.5 Å². The molecule has 24 heavy (non-hydrogen) atoms. The number of Topliss-reactive ketones (excluding diaryl/α,β-unsaturated/α-hetero) is 2. The molecule has 2 saturated carbocycles. The van der Waals surface area contributed by atoms with Crippen LogP contribution in [0.25, 0.3) is 0 Å². The molecule has 0 amide bonds. The summed E-state index contributed by atoms with van der Waals surface area (Å²) < 4.78 is 5.97. The standard InChI is InChI=1S/C20H27NO3/c1-20(2,3)19(23)9-8-17(22)16-10-18(24-12-13-4-5-13)15(11-21-16)14-6-7-14/h10-11,13-14H,4-9,12H2,1-3H3. The Morgan fingerprint density at radius 2 is 1.88 bits per heavy atom. The van der Waals surface area contributed by atoms with E-state index >= 15 is 0 Å². The zero-order valence-corrected chi connectivity index (χ0v) is 14.9. The van der Waals surface area contributed by atoms with Crippen molar-refractivity contribution in [2.45, 2.75) is 65.2 Å². The molecule has 0 aliphatic heterocycles. The summed E-state index contributed by atoms with van der Waals surface area (Å²) in [6, 6.07) is 1.79. The van der Waals surface area contributed by atoms with Gasteiger partial charge in [-0.05, 0) is 37.5 Å².